The van der Waals surface area contributed by atoms with Crippen molar-refractivity contribution in [3.8, 4) is 11.3 Å². The summed E-state index contributed by atoms with van der Waals surface area (Å²) in [6.07, 6.45) is 1.38. The second-order valence-electron chi connectivity index (χ2n) is 4.80. The summed E-state index contributed by atoms with van der Waals surface area (Å²) in [6.45, 7) is 1.56. The SMILES string of the molecule is Cc1n[nH]c(=S)n(/N=C/c2ccc(-c3cc(Cl)ccc3Cl)o2)c1=O. The van der Waals surface area contributed by atoms with Crippen molar-refractivity contribution in [1.82, 2.24) is 14.9 Å². The topological polar surface area (TPSA) is 76.2 Å². The molecule has 0 saturated heterocycles. The van der Waals surface area contributed by atoms with Gasteiger partial charge in [0.05, 0.1) is 11.2 Å². The first-order chi connectivity index (χ1) is 11.5. The van der Waals surface area contributed by atoms with E-state index >= 15 is 0 Å². The second kappa shape index (κ2) is 6.72. The monoisotopic (exact) mass is 380 g/mol. The Bertz CT molecular complexity index is 1050. The van der Waals surface area contributed by atoms with E-state index in [1.165, 1.54) is 6.21 Å². The summed E-state index contributed by atoms with van der Waals surface area (Å²) in [5.74, 6) is 0.962. The first-order valence-corrected chi connectivity index (χ1v) is 7.90. The van der Waals surface area contributed by atoms with Crippen LogP contribution >= 0.6 is 35.4 Å². The third-order valence-electron chi connectivity index (χ3n) is 3.13. The summed E-state index contributed by atoms with van der Waals surface area (Å²) in [4.78, 5) is 12.0. The minimum Gasteiger partial charge on any atom is -0.455 e. The molecule has 9 heteroatoms. The fraction of sp³-hybridized carbons (Fsp3) is 0.0667. The molecule has 24 heavy (non-hydrogen) atoms. The molecular formula is C15H10Cl2N4O2S. The van der Waals surface area contributed by atoms with Crippen molar-refractivity contribution >= 4 is 41.6 Å². The number of benzene rings is 1. The van der Waals surface area contributed by atoms with Crippen molar-refractivity contribution in [3.63, 3.8) is 0 Å². The number of hydrogen-bond acceptors (Lipinski definition) is 5. The molecule has 6 nitrogen and oxygen atoms in total. The number of aromatic amines is 1. The molecule has 0 atom stereocenters. The molecule has 0 amide bonds. The molecule has 1 N–H and O–H groups in total. The molecule has 0 aliphatic carbocycles. The maximum atomic E-state index is 12.0. The number of aryl methyl sites for hydroxylation is 1. The summed E-state index contributed by atoms with van der Waals surface area (Å²) in [5, 5.41) is 11.4. The maximum Gasteiger partial charge on any atom is 0.296 e. The number of nitrogens with zero attached hydrogens (tertiary/aromatic N) is 3. The highest BCUT2D eigenvalue weighted by Gasteiger charge is 2.09. The standard InChI is InChI=1S/C15H10Cl2N4O2S/c1-8-14(22)21(15(24)20-19-8)18-7-10-3-5-13(23-10)11-6-9(16)2-4-12(11)17/h2-7H,1H3,(H,20,24)/b18-7+. The Morgan fingerprint density at radius 3 is 2.92 bits per heavy atom. The van der Waals surface area contributed by atoms with Crippen molar-refractivity contribution in [2.75, 3.05) is 0 Å². The minimum atomic E-state index is -0.403. The average Bonchev–Trinajstić information content (AvgIpc) is 3.02. The van der Waals surface area contributed by atoms with Gasteiger partial charge in [0, 0.05) is 10.6 Å². The summed E-state index contributed by atoms with van der Waals surface area (Å²) >= 11 is 17.1. The first kappa shape index (κ1) is 16.6. The molecule has 0 aliphatic heterocycles. The Hall–Kier alpha value is -2.22. The van der Waals surface area contributed by atoms with Crippen LogP contribution in [0.3, 0.4) is 0 Å². The predicted molar refractivity (Wildman–Crippen MR) is 95.6 cm³/mol. The average molecular weight is 381 g/mol. The Balaban J connectivity index is 1.95. The molecule has 0 radical (unpaired) electrons. The van der Waals surface area contributed by atoms with Crippen LogP contribution in [-0.2, 0) is 0 Å². The van der Waals surface area contributed by atoms with E-state index in [-0.39, 0.29) is 10.5 Å². The van der Waals surface area contributed by atoms with Crippen LogP contribution in [0.2, 0.25) is 10.0 Å². The van der Waals surface area contributed by atoms with E-state index < -0.39 is 5.56 Å². The molecular weight excluding hydrogens is 371 g/mol. The van der Waals surface area contributed by atoms with Gasteiger partial charge in [-0.3, -0.25) is 9.89 Å². The zero-order valence-electron chi connectivity index (χ0n) is 12.3. The summed E-state index contributed by atoms with van der Waals surface area (Å²) < 4.78 is 6.79. The molecule has 3 rings (SSSR count). The molecule has 3 aromatic rings. The van der Waals surface area contributed by atoms with Gasteiger partial charge in [-0.2, -0.15) is 14.9 Å². The van der Waals surface area contributed by atoms with Crippen molar-refractivity contribution in [3.05, 3.63) is 67.0 Å². The fourth-order valence-corrected chi connectivity index (χ4v) is 2.50. The lowest BCUT2D eigenvalue weighted by atomic mass is 10.2. The highest BCUT2D eigenvalue weighted by molar-refractivity contribution is 7.71. The number of rotatable bonds is 3. The highest BCUT2D eigenvalue weighted by Crippen LogP contribution is 2.31. The van der Waals surface area contributed by atoms with Gasteiger partial charge in [0.2, 0.25) is 4.77 Å². The van der Waals surface area contributed by atoms with Gasteiger partial charge in [-0.25, -0.2) is 0 Å². The van der Waals surface area contributed by atoms with Crippen molar-refractivity contribution in [1.29, 1.82) is 0 Å². The molecule has 0 aliphatic rings. The quantitative estimate of drug-likeness (QED) is 0.548. The molecule has 0 saturated carbocycles. The number of halogens is 2. The van der Waals surface area contributed by atoms with Gasteiger partial charge >= 0.3 is 0 Å². The van der Waals surface area contributed by atoms with Crippen LogP contribution in [0.15, 0.2) is 44.6 Å². The lowest BCUT2D eigenvalue weighted by molar-refractivity contribution is 0.573. The van der Waals surface area contributed by atoms with Gasteiger partial charge in [0.1, 0.15) is 17.2 Å². The fourth-order valence-electron chi connectivity index (χ4n) is 1.95. The number of hydrogen-bond donors (Lipinski definition) is 1. The lowest BCUT2D eigenvalue weighted by Gasteiger charge is -2.01. The zero-order valence-corrected chi connectivity index (χ0v) is 14.6. The van der Waals surface area contributed by atoms with Crippen LogP contribution < -0.4 is 5.56 Å². The van der Waals surface area contributed by atoms with Crippen LogP contribution in [0.25, 0.3) is 11.3 Å². The van der Waals surface area contributed by atoms with Crippen LogP contribution in [0, 0.1) is 11.7 Å². The zero-order chi connectivity index (χ0) is 17.3. The van der Waals surface area contributed by atoms with E-state index in [4.69, 9.17) is 39.8 Å². The van der Waals surface area contributed by atoms with E-state index in [1.807, 2.05) is 0 Å². The van der Waals surface area contributed by atoms with E-state index in [2.05, 4.69) is 15.3 Å². The number of nitrogens with one attached hydrogen (secondary N) is 1. The van der Waals surface area contributed by atoms with Gasteiger partial charge in [0.25, 0.3) is 5.56 Å². The van der Waals surface area contributed by atoms with E-state index in [9.17, 15) is 4.79 Å². The Morgan fingerprint density at radius 1 is 1.33 bits per heavy atom. The summed E-state index contributed by atoms with van der Waals surface area (Å²) in [6, 6.07) is 8.52. The van der Waals surface area contributed by atoms with Gasteiger partial charge in [-0.05, 0) is 49.5 Å². The highest BCUT2D eigenvalue weighted by atomic mass is 35.5. The van der Waals surface area contributed by atoms with Gasteiger partial charge in [-0.1, -0.05) is 23.2 Å². The van der Waals surface area contributed by atoms with Gasteiger partial charge < -0.3 is 4.42 Å². The number of H-pyrrole nitrogens is 1. The van der Waals surface area contributed by atoms with E-state index in [0.717, 1.165) is 4.68 Å². The molecule has 2 aromatic heterocycles. The van der Waals surface area contributed by atoms with E-state index in [1.54, 1.807) is 37.3 Å². The molecule has 0 spiro atoms. The molecule has 2 heterocycles. The first-order valence-electron chi connectivity index (χ1n) is 6.73. The second-order valence-corrected chi connectivity index (χ2v) is 6.03. The molecule has 122 valence electrons. The van der Waals surface area contributed by atoms with Crippen LogP contribution in [0.1, 0.15) is 11.5 Å². The molecule has 0 unspecified atom stereocenters. The smallest absolute Gasteiger partial charge is 0.296 e. The minimum absolute atomic E-state index is 0.0894. The largest absolute Gasteiger partial charge is 0.455 e. The Labute approximate surface area is 151 Å². The predicted octanol–water partition coefficient (Wildman–Crippen LogP) is 4.06. The summed E-state index contributed by atoms with van der Waals surface area (Å²) in [7, 11) is 0. The Kier molecular flexibility index (Phi) is 4.66. The third-order valence-corrected chi connectivity index (χ3v) is 3.96. The number of furan rings is 1. The molecule has 0 fully saturated rings. The Morgan fingerprint density at radius 2 is 2.12 bits per heavy atom. The van der Waals surface area contributed by atoms with Crippen molar-refractivity contribution in [2.24, 2.45) is 5.10 Å². The maximum absolute atomic E-state index is 12.0. The van der Waals surface area contributed by atoms with E-state index in [0.29, 0.717) is 27.1 Å². The number of aromatic nitrogens is 3. The van der Waals surface area contributed by atoms with Crippen LogP contribution in [0.4, 0.5) is 0 Å². The normalized spacial score (nSPS) is 11.3. The van der Waals surface area contributed by atoms with Gasteiger partial charge in [0.15, 0.2) is 0 Å². The third kappa shape index (κ3) is 3.33. The lowest BCUT2D eigenvalue weighted by Crippen LogP contribution is -2.22. The van der Waals surface area contributed by atoms with Crippen molar-refractivity contribution < 1.29 is 4.42 Å². The van der Waals surface area contributed by atoms with Crippen LogP contribution in [-0.4, -0.2) is 21.1 Å². The van der Waals surface area contributed by atoms with Crippen molar-refractivity contribution in [2.45, 2.75) is 6.92 Å². The summed E-state index contributed by atoms with van der Waals surface area (Å²) in [5.41, 5.74) is 0.518. The molecule has 1 aromatic carbocycles. The molecule has 0 bridgehead atoms. The van der Waals surface area contributed by atoms with Crippen LogP contribution in [0.5, 0.6) is 0 Å². The van der Waals surface area contributed by atoms with Gasteiger partial charge in [-0.15, -0.1) is 0 Å².